The van der Waals surface area contributed by atoms with E-state index in [0.717, 1.165) is 47.2 Å². The summed E-state index contributed by atoms with van der Waals surface area (Å²) >= 11 is 0. The highest BCUT2D eigenvalue weighted by atomic mass is 16.3. The lowest BCUT2D eigenvalue weighted by Crippen LogP contribution is -2.14. The highest BCUT2D eigenvalue weighted by Gasteiger charge is 2.21. The Bertz CT molecular complexity index is 1050. The number of aliphatic hydroxyl groups is 1. The lowest BCUT2D eigenvalue weighted by molar-refractivity contribution is 0.0786. The zero-order chi connectivity index (χ0) is 19.0. The van der Waals surface area contributed by atoms with Crippen LogP contribution in [0.4, 0.5) is 0 Å². The molecule has 1 aliphatic rings. The number of rotatable bonds is 3. The van der Waals surface area contributed by atoms with E-state index in [1.807, 2.05) is 41.2 Å². The van der Waals surface area contributed by atoms with Crippen molar-refractivity contribution < 1.29 is 5.11 Å². The molecule has 27 heavy (non-hydrogen) atoms. The van der Waals surface area contributed by atoms with E-state index in [9.17, 15) is 5.11 Å². The summed E-state index contributed by atoms with van der Waals surface area (Å²) in [6, 6.07) is 10.3. The maximum atomic E-state index is 10.2. The van der Waals surface area contributed by atoms with E-state index in [1.54, 1.807) is 20.0 Å². The van der Waals surface area contributed by atoms with Crippen molar-refractivity contribution in [1.82, 2.24) is 14.6 Å². The van der Waals surface area contributed by atoms with Crippen LogP contribution in [0, 0.1) is 17.2 Å². The number of allylic oxidation sites excluding steroid dienone is 2. The van der Waals surface area contributed by atoms with E-state index < -0.39 is 5.60 Å². The first-order valence-electron chi connectivity index (χ1n) is 9.22. The Balaban J connectivity index is 1.80. The predicted octanol–water partition coefficient (Wildman–Crippen LogP) is 4.33. The van der Waals surface area contributed by atoms with Gasteiger partial charge in [-0.05, 0) is 49.8 Å². The maximum Gasteiger partial charge on any atom is 0.0999 e. The molecule has 1 N–H and O–H groups in total. The first-order valence-corrected chi connectivity index (χ1v) is 9.22. The molecule has 0 bridgehead atoms. The molecule has 0 fully saturated rings. The summed E-state index contributed by atoms with van der Waals surface area (Å²) in [4.78, 5) is 4.64. The molecule has 5 heteroatoms. The Labute approximate surface area is 158 Å². The van der Waals surface area contributed by atoms with Crippen molar-refractivity contribution in [3.05, 3.63) is 60.2 Å². The third-order valence-electron chi connectivity index (χ3n) is 5.23. The predicted molar refractivity (Wildman–Crippen MR) is 105 cm³/mol. The van der Waals surface area contributed by atoms with Gasteiger partial charge in [-0.15, -0.1) is 0 Å². The first kappa shape index (κ1) is 17.4. The van der Waals surface area contributed by atoms with Crippen LogP contribution in [-0.4, -0.2) is 19.7 Å². The van der Waals surface area contributed by atoms with Gasteiger partial charge < -0.3 is 5.11 Å². The van der Waals surface area contributed by atoms with Crippen LogP contribution in [0.2, 0.25) is 0 Å². The lowest BCUT2D eigenvalue weighted by atomic mass is 9.88. The van der Waals surface area contributed by atoms with Gasteiger partial charge in [0, 0.05) is 18.0 Å². The van der Waals surface area contributed by atoms with E-state index in [1.165, 1.54) is 5.57 Å². The van der Waals surface area contributed by atoms with Crippen LogP contribution in [0.5, 0.6) is 0 Å². The van der Waals surface area contributed by atoms with Crippen LogP contribution in [0.3, 0.4) is 0 Å². The number of hydrogen-bond acceptors (Lipinski definition) is 4. The Hall–Kier alpha value is -2.97. The molecule has 3 aromatic rings. The summed E-state index contributed by atoms with van der Waals surface area (Å²) in [6.07, 6.45) is 10.1. The number of hydrogen-bond donors (Lipinski definition) is 1. The van der Waals surface area contributed by atoms with Crippen LogP contribution in [0.25, 0.3) is 22.2 Å². The molecule has 0 radical (unpaired) electrons. The topological polar surface area (TPSA) is 74.2 Å². The normalized spacial score (nSPS) is 17.6. The molecule has 2 aromatic heterocycles. The van der Waals surface area contributed by atoms with Gasteiger partial charge in [-0.3, -0.25) is 4.98 Å². The van der Waals surface area contributed by atoms with Gasteiger partial charge in [0.05, 0.1) is 35.0 Å². The molecule has 0 saturated heterocycles. The van der Waals surface area contributed by atoms with E-state index in [2.05, 4.69) is 22.2 Å². The summed E-state index contributed by atoms with van der Waals surface area (Å²) in [6.45, 7) is 3.56. The summed E-state index contributed by atoms with van der Waals surface area (Å²) < 4.78 is 1.86. The average molecular weight is 358 g/mol. The third kappa shape index (κ3) is 3.24. The summed E-state index contributed by atoms with van der Waals surface area (Å²) in [7, 11) is 0. The lowest BCUT2D eigenvalue weighted by Gasteiger charge is -2.18. The van der Waals surface area contributed by atoms with Crippen molar-refractivity contribution in [2.75, 3.05) is 0 Å². The van der Waals surface area contributed by atoms with E-state index in [4.69, 9.17) is 5.26 Å². The second-order valence-corrected chi connectivity index (χ2v) is 7.59. The zero-order valence-corrected chi connectivity index (χ0v) is 15.6. The van der Waals surface area contributed by atoms with Crippen molar-refractivity contribution in [2.24, 2.45) is 5.92 Å². The van der Waals surface area contributed by atoms with Crippen LogP contribution in [-0.2, 0) is 5.60 Å². The minimum atomic E-state index is -0.865. The second-order valence-electron chi connectivity index (χ2n) is 7.59. The molecule has 0 saturated carbocycles. The second kappa shape index (κ2) is 6.64. The van der Waals surface area contributed by atoms with Gasteiger partial charge >= 0.3 is 0 Å². The minimum absolute atomic E-state index is 0.104. The molecule has 1 unspecified atom stereocenters. The number of benzene rings is 1. The fourth-order valence-corrected chi connectivity index (χ4v) is 3.61. The Morgan fingerprint density at radius 2 is 2.04 bits per heavy atom. The molecular weight excluding hydrogens is 336 g/mol. The highest BCUT2D eigenvalue weighted by Crippen LogP contribution is 2.35. The first-order chi connectivity index (χ1) is 13.0. The summed E-state index contributed by atoms with van der Waals surface area (Å²) in [5, 5.41) is 23.8. The van der Waals surface area contributed by atoms with Crippen molar-refractivity contribution in [1.29, 1.82) is 5.26 Å². The summed E-state index contributed by atoms with van der Waals surface area (Å²) in [5.41, 5.74) is 5.17. The molecule has 0 aliphatic heterocycles. The van der Waals surface area contributed by atoms with E-state index >= 15 is 0 Å². The Kier molecular flexibility index (Phi) is 4.29. The molecule has 0 amide bonds. The molecule has 1 aliphatic carbocycles. The monoisotopic (exact) mass is 358 g/mol. The van der Waals surface area contributed by atoms with E-state index in [-0.39, 0.29) is 5.92 Å². The number of fused-ring (bicyclic) bond motifs is 1. The maximum absolute atomic E-state index is 10.2. The molecule has 2 heterocycles. The van der Waals surface area contributed by atoms with Gasteiger partial charge in [0.1, 0.15) is 0 Å². The van der Waals surface area contributed by atoms with Crippen molar-refractivity contribution >= 4 is 11.1 Å². The zero-order valence-electron chi connectivity index (χ0n) is 15.6. The molecule has 136 valence electrons. The van der Waals surface area contributed by atoms with Crippen LogP contribution in [0.1, 0.15) is 44.4 Å². The van der Waals surface area contributed by atoms with Crippen LogP contribution in [0.15, 0.2) is 48.9 Å². The van der Waals surface area contributed by atoms with Crippen LogP contribution < -0.4 is 0 Å². The van der Waals surface area contributed by atoms with Gasteiger partial charge in [0.2, 0.25) is 0 Å². The molecule has 0 spiro atoms. The molecule has 1 atom stereocenters. The molecule has 1 aromatic carbocycles. The van der Waals surface area contributed by atoms with Gasteiger partial charge in [-0.2, -0.15) is 10.4 Å². The quantitative estimate of drug-likeness (QED) is 0.756. The van der Waals surface area contributed by atoms with Crippen molar-refractivity contribution in [3.8, 4) is 17.2 Å². The standard InChI is InChI=1S/C22H22N4O/c1-22(2,27)18-9-7-16(8-10-18)19-14-25-26-12-11-24-20(21(19)26)17-5-3-15(13-23)4-6-17/h5,7-12,14-15,27H,3-4,6H2,1-2H3. The Morgan fingerprint density at radius 1 is 1.26 bits per heavy atom. The largest absolute Gasteiger partial charge is 0.386 e. The fraction of sp³-hybridized carbons (Fsp3) is 0.318. The van der Waals surface area contributed by atoms with Crippen LogP contribution >= 0.6 is 0 Å². The SMILES string of the molecule is CC(C)(O)c1ccc(-c2cnn3ccnc(C4=CCC(C#N)CC4)c23)cc1. The number of nitrogens with zero attached hydrogens (tertiary/aromatic N) is 4. The molecular formula is C22H22N4O. The van der Waals surface area contributed by atoms with Crippen molar-refractivity contribution in [3.63, 3.8) is 0 Å². The molecule has 4 rings (SSSR count). The van der Waals surface area contributed by atoms with Gasteiger partial charge in [-0.1, -0.05) is 30.3 Å². The number of aromatic nitrogens is 3. The smallest absolute Gasteiger partial charge is 0.0999 e. The van der Waals surface area contributed by atoms with Gasteiger partial charge in [-0.25, -0.2) is 4.52 Å². The minimum Gasteiger partial charge on any atom is -0.386 e. The summed E-state index contributed by atoms with van der Waals surface area (Å²) in [5.74, 6) is 0.104. The van der Waals surface area contributed by atoms with Gasteiger partial charge in [0.15, 0.2) is 0 Å². The molecule has 5 nitrogen and oxygen atoms in total. The van der Waals surface area contributed by atoms with E-state index in [0.29, 0.717) is 0 Å². The van der Waals surface area contributed by atoms with Gasteiger partial charge in [0.25, 0.3) is 0 Å². The third-order valence-corrected chi connectivity index (χ3v) is 5.23. The fourth-order valence-electron chi connectivity index (χ4n) is 3.61. The number of nitriles is 1. The highest BCUT2D eigenvalue weighted by molar-refractivity contribution is 5.88. The Morgan fingerprint density at radius 3 is 2.67 bits per heavy atom. The van der Waals surface area contributed by atoms with Crippen molar-refractivity contribution in [2.45, 2.75) is 38.7 Å². The average Bonchev–Trinajstić information content (AvgIpc) is 3.12.